The molecular formula is C30H20Br2FNSi. The molecule has 0 N–H and O–H groups in total. The Morgan fingerprint density at radius 2 is 1.14 bits per heavy atom. The number of hydrogen-bond donors (Lipinski definition) is 0. The monoisotopic (exact) mass is 599 g/mol. The largest absolute Gasteiger partial charge is 0.308 e. The molecule has 1 aliphatic rings. The van der Waals surface area contributed by atoms with Crippen molar-refractivity contribution in [1.29, 1.82) is 0 Å². The van der Waals surface area contributed by atoms with E-state index in [0.717, 1.165) is 26.0 Å². The molecule has 5 aromatic carbocycles. The highest BCUT2D eigenvalue weighted by molar-refractivity contribution is 9.11. The molecule has 6 rings (SSSR count). The highest BCUT2D eigenvalue weighted by Crippen LogP contribution is 2.44. The predicted molar refractivity (Wildman–Crippen MR) is 154 cm³/mol. The van der Waals surface area contributed by atoms with Gasteiger partial charge < -0.3 is 4.90 Å². The number of nitrogens with zero attached hydrogens (tertiary/aromatic N) is 1. The van der Waals surface area contributed by atoms with Crippen LogP contribution in [0.4, 0.5) is 21.5 Å². The minimum Gasteiger partial charge on any atom is -0.308 e. The molecule has 0 bridgehead atoms. The van der Waals surface area contributed by atoms with Crippen LogP contribution in [-0.4, -0.2) is 8.07 Å². The number of benzene rings is 5. The summed E-state index contributed by atoms with van der Waals surface area (Å²) in [6.07, 6.45) is 0. The van der Waals surface area contributed by atoms with Crippen LogP contribution in [0.15, 0.2) is 130 Å². The summed E-state index contributed by atoms with van der Waals surface area (Å²) in [6.45, 7) is 0. The summed E-state index contributed by atoms with van der Waals surface area (Å²) < 4.78 is 16.4. The molecule has 1 heterocycles. The van der Waals surface area contributed by atoms with Gasteiger partial charge in [0.05, 0.1) is 11.4 Å². The Kier molecular flexibility index (Phi) is 5.71. The van der Waals surface area contributed by atoms with Gasteiger partial charge in [-0.2, -0.15) is 0 Å². The number of hydrogen-bond acceptors (Lipinski definition) is 1. The van der Waals surface area contributed by atoms with Crippen LogP contribution in [0.3, 0.4) is 0 Å². The number of halogens is 3. The molecular weight excluding hydrogens is 581 g/mol. The highest BCUT2D eigenvalue weighted by Gasteiger charge is 2.49. The van der Waals surface area contributed by atoms with Crippen LogP contribution >= 0.6 is 31.9 Å². The highest BCUT2D eigenvalue weighted by atomic mass is 79.9. The normalized spacial score (nSPS) is 13.7. The third kappa shape index (κ3) is 3.45. The van der Waals surface area contributed by atoms with Gasteiger partial charge in [-0.1, -0.05) is 91.0 Å². The zero-order valence-electron chi connectivity index (χ0n) is 18.6. The Morgan fingerprint density at radius 1 is 0.543 bits per heavy atom. The molecule has 0 amide bonds. The van der Waals surface area contributed by atoms with Crippen molar-refractivity contribution in [2.75, 3.05) is 4.90 Å². The third-order valence-corrected chi connectivity index (χ3v) is 12.9. The summed E-state index contributed by atoms with van der Waals surface area (Å²) in [6, 6.07) is 41.6. The number of para-hydroxylation sites is 2. The van der Waals surface area contributed by atoms with Crippen molar-refractivity contribution >= 4 is 77.7 Å². The van der Waals surface area contributed by atoms with Crippen LogP contribution in [0.2, 0.25) is 0 Å². The third-order valence-electron chi connectivity index (χ3n) is 6.73. The van der Waals surface area contributed by atoms with Crippen LogP contribution in [0.1, 0.15) is 0 Å². The predicted octanol–water partition coefficient (Wildman–Crippen LogP) is 6.51. The van der Waals surface area contributed by atoms with E-state index in [1.54, 1.807) is 12.1 Å². The van der Waals surface area contributed by atoms with Gasteiger partial charge in [0, 0.05) is 14.6 Å². The molecule has 0 aromatic heterocycles. The number of rotatable bonds is 3. The fourth-order valence-corrected chi connectivity index (χ4v) is 11.6. The molecule has 5 heteroatoms. The molecule has 1 aliphatic heterocycles. The van der Waals surface area contributed by atoms with Gasteiger partial charge in [0.25, 0.3) is 0 Å². The molecule has 0 spiro atoms. The molecule has 170 valence electrons. The summed E-state index contributed by atoms with van der Waals surface area (Å²) >= 11 is 7.58. The van der Waals surface area contributed by atoms with Gasteiger partial charge in [-0.25, -0.2) is 4.39 Å². The van der Waals surface area contributed by atoms with Gasteiger partial charge >= 0.3 is 0 Å². The molecule has 5 aromatic rings. The second-order valence-electron chi connectivity index (χ2n) is 8.57. The van der Waals surface area contributed by atoms with Gasteiger partial charge in [0.2, 0.25) is 0 Å². The maximum Gasteiger partial charge on any atom is 0.184 e. The van der Waals surface area contributed by atoms with Gasteiger partial charge in [-0.05, 0) is 82.9 Å². The van der Waals surface area contributed by atoms with Gasteiger partial charge in [-0.15, -0.1) is 0 Å². The van der Waals surface area contributed by atoms with Gasteiger partial charge in [-0.3, -0.25) is 0 Å². The zero-order valence-corrected chi connectivity index (χ0v) is 22.8. The second kappa shape index (κ2) is 8.90. The minimum absolute atomic E-state index is 0.269. The van der Waals surface area contributed by atoms with E-state index in [1.807, 2.05) is 0 Å². The summed E-state index contributed by atoms with van der Waals surface area (Å²) in [5, 5.41) is 5.17. The molecule has 0 radical (unpaired) electrons. The van der Waals surface area contributed by atoms with Crippen molar-refractivity contribution in [3.63, 3.8) is 0 Å². The molecule has 35 heavy (non-hydrogen) atoms. The van der Waals surface area contributed by atoms with Crippen molar-refractivity contribution in [3.05, 3.63) is 136 Å². The van der Waals surface area contributed by atoms with Crippen molar-refractivity contribution in [2.45, 2.75) is 0 Å². The first-order valence-electron chi connectivity index (χ1n) is 11.4. The molecule has 0 unspecified atom stereocenters. The second-order valence-corrected chi connectivity index (χ2v) is 14.0. The Bertz CT molecular complexity index is 1500. The van der Waals surface area contributed by atoms with Crippen molar-refractivity contribution < 1.29 is 4.39 Å². The average Bonchev–Trinajstić information content (AvgIpc) is 2.90. The Balaban J connectivity index is 1.81. The van der Waals surface area contributed by atoms with Crippen LogP contribution in [0.25, 0.3) is 0 Å². The molecule has 0 aliphatic carbocycles. The van der Waals surface area contributed by atoms with Crippen LogP contribution in [0.5, 0.6) is 0 Å². The first-order valence-corrected chi connectivity index (χ1v) is 15.0. The maximum atomic E-state index is 14.6. The topological polar surface area (TPSA) is 3.24 Å². The minimum atomic E-state index is -2.69. The summed E-state index contributed by atoms with van der Waals surface area (Å²) in [5.74, 6) is -0.269. The maximum absolute atomic E-state index is 14.6. The SMILES string of the molecule is Fc1ccc(Br)c(N2c3ccccc3[Si](c3ccccc3)(c3ccccc3)c3cccc(Br)c32)c1. The molecule has 0 saturated heterocycles. The molecule has 0 saturated carbocycles. The van der Waals surface area contributed by atoms with Crippen molar-refractivity contribution in [2.24, 2.45) is 0 Å². The molecule has 0 atom stereocenters. The summed E-state index contributed by atoms with van der Waals surface area (Å²) in [7, 11) is -2.69. The van der Waals surface area contributed by atoms with E-state index in [0.29, 0.717) is 0 Å². The fraction of sp³-hybridized carbons (Fsp3) is 0. The van der Waals surface area contributed by atoms with E-state index < -0.39 is 8.07 Å². The lowest BCUT2D eigenvalue weighted by Crippen LogP contribution is -2.77. The zero-order chi connectivity index (χ0) is 24.0. The number of fused-ring (bicyclic) bond motifs is 2. The van der Waals surface area contributed by atoms with Crippen molar-refractivity contribution in [1.82, 2.24) is 0 Å². The molecule has 0 fully saturated rings. The van der Waals surface area contributed by atoms with Crippen LogP contribution in [-0.2, 0) is 0 Å². The van der Waals surface area contributed by atoms with E-state index in [-0.39, 0.29) is 5.82 Å². The standard InChI is InChI=1S/C30H20Br2FNSi/c31-24-19-18-21(33)20-27(24)34-26-15-7-8-16-28(26)35(22-10-3-1-4-11-22,23-12-5-2-6-13-23)29-17-9-14-25(32)30(29)34/h1-20H. The van der Waals surface area contributed by atoms with Gasteiger partial charge in [0.15, 0.2) is 8.07 Å². The Hall–Kier alpha value is -2.99. The summed E-state index contributed by atoms with van der Waals surface area (Å²) in [5.41, 5.74) is 2.89. The lowest BCUT2D eigenvalue weighted by Gasteiger charge is -2.45. The Morgan fingerprint density at radius 3 is 1.83 bits per heavy atom. The van der Waals surface area contributed by atoms with E-state index >= 15 is 0 Å². The first kappa shape index (κ1) is 22.5. The lowest BCUT2D eigenvalue weighted by molar-refractivity contribution is 0.628. The van der Waals surface area contributed by atoms with Crippen molar-refractivity contribution in [3.8, 4) is 0 Å². The first-order chi connectivity index (χ1) is 17.1. The smallest absolute Gasteiger partial charge is 0.184 e. The van der Waals surface area contributed by atoms with Crippen LogP contribution < -0.4 is 25.6 Å². The lowest BCUT2D eigenvalue weighted by atomic mass is 10.1. The quantitative estimate of drug-likeness (QED) is 0.209. The Labute approximate surface area is 222 Å². The fourth-order valence-electron chi connectivity index (χ4n) is 5.37. The molecule has 1 nitrogen and oxygen atoms in total. The van der Waals surface area contributed by atoms with Gasteiger partial charge in [0.1, 0.15) is 5.82 Å². The van der Waals surface area contributed by atoms with E-state index in [4.69, 9.17) is 0 Å². The number of anilines is 3. The van der Waals surface area contributed by atoms with E-state index in [9.17, 15) is 4.39 Å². The summed E-state index contributed by atoms with van der Waals surface area (Å²) in [4.78, 5) is 2.19. The average molecular weight is 601 g/mol. The van der Waals surface area contributed by atoms with E-state index in [1.165, 1.54) is 26.8 Å². The van der Waals surface area contributed by atoms with Crippen LogP contribution in [0, 0.1) is 5.82 Å². The van der Waals surface area contributed by atoms with E-state index in [2.05, 4.69) is 140 Å².